The zero-order chi connectivity index (χ0) is 18.7. The van der Waals surface area contributed by atoms with Crippen molar-refractivity contribution in [1.82, 2.24) is 0 Å². The number of carbonyl (C=O) groups is 2. The van der Waals surface area contributed by atoms with Gasteiger partial charge in [0.2, 0.25) is 0 Å². The molecule has 0 amide bonds. The largest absolute Gasteiger partial charge is 0.488 e. The first kappa shape index (κ1) is 18.1. The Morgan fingerprint density at radius 1 is 1.04 bits per heavy atom. The number of Topliss-reactive ketones (excluding diaryl/α,β-unsaturated/α-hetero) is 2. The van der Waals surface area contributed by atoms with Crippen molar-refractivity contribution in [2.75, 3.05) is 0 Å². The molecule has 0 radical (unpaired) electrons. The number of ether oxygens (including phenoxy) is 1. The molecule has 3 rings (SSSR count). The van der Waals surface area contributed by atoms with Crippen molar-refractivity contribution in [1.29, 1.82) is 0 Å². The summed E-state index contributed by atoms with van der Waals surface area (Å²) in [6, 6.07) is 12.2. The number of allylic oxidation sites excluding steroid dienone is 1. The molecule has 0 bridgehead atoms. The van der Waals surface area contributed by atoms with Gasteiger partial charge >= 0.3 is 0 Å². The lowest BCUT2D eigenvalue weighted by Gasteiger charge is -2.16. The molecule has 3 heteroatoms. The topological polar surface area (TPSA) is 43.4 Å². The summed E-state index contributed by atoms with van der Waals surface area (Å²) in [7, 11) is 0. The van der Waals surface area contributed by atoms with Crippen LogP contribution in [0.5, 0.6) is 5.75 Å². The lowest BCUT2D eigenvalue weighted by atomic mass is 9.95. The highest BCUT2D eigenvalue weighted by Crippen LogP contribution is 2.37. The van der Waals surface area contributed by atoms with Gasteiger partial charge < -0.3 is 4.74 Å². The molecule has 1 aliphatic rings. The van der Waals surface area contributed by atoms with E-state index in [2.05, 4.69) is 12.1 Å². The molecule has 0 N–H and O–H groups in total. The van der Waals surface area contributed by atoms with Crippen molar-refractivity contribution in [2.45, 2.75) is 46.6 Å². The quantitative estimate of drug-likeness (QED) is 0.434. The number of hydrogen-bond acceptors (Lipinski definition) is 3. The average Bonchev–Trinajstić information content (AvgIpc) is 3.09. The smallest absolute Gasteiger partial charge is 0.163 e. The molecule has 0 spiro atoms. The van der Waals surface area contributed by atoms with Crippen LogP contribution < -0.4 is 4.74 Å². The minimum atomic E-state index is -0.189. The van der Waals surface area contributed by atoms with E-state index in [1.54, 1.807) is 6.08 Å². The third kappa shape index (κ3) is 3.77. The molecule has 0 atom stereocenters. The predicted molar refractivity (Wildman–Crippen MR) is 103 cm³/mol. The molecule has 1 aliphatic carbocycles. The highest BCUT2D eigenvalue weighted by molar-refractivity contribution is 6.21. The Balaban J connectivity index is 1.97. The molecule has 26 heavy (non-hydrogen) atoms. The van der Waals surface area contributed by atoms with Crippen LogP contribution in [0.1, 0.15) is 48.1 Å². The van der Waals surface area contributed by atoms with Gasteiger partial charge in [-0.15, -0.1) is 0 Å². The maximum atomic E-state index is 11.8. The highest BCUT2D eigenvalue weighted by atomic mass is 16.5. The number of rotatable bonds is 6. The zero-order valence-electron chi connectivity index (χ0n) is 15.6. The van der Waals surface area contributed by atoms with Gasteiger partial charge in [0.15, 0.2) is 11.6 Å². The number of ketones is 2. The van der Waals surface area contributed by atoms with Gasteiger partial charge in [-0.25, -0.2) is 0 Å². The minimum Gasteiger partial charge on any atom is -0.488 e. The van der Waals surface area contributed by atoms with Gasteiger partial charge in [-0.1, -0.05) is 30.3 Å². The standard InChI is InChI=1S/C23H24O3/c1-15-12-19(13-22(16(2)24)17(3)25)20-10-7-11-21(20)23(15)26-14-18-8-5-4-6-9-18/h4-6,8-9,12-13H,7,10-11,14H2,1-3H3. The Hall–Kier alpha value is -2.68. The van der Waals surface area contributed by atoms with E-state index in [1.807, 2.05) is 31.2 Å². The van der Waals surface area contributed by atoms with Crippen LogP contribution in [0.15, 0.2) is 42.0 Å². The first-order valence-corrected chi connectivity index (χ1v) is 9.03. The number of hydrogen-bond donors (Lipinski definition) is 0. The first-order chi connectivity index (χ1) is 12.5. The first-order valence-electron chi connectivity index (χ1n) is 9.03. The Morgan fingerprint density at radius 2 is 1.69 bits per heavy atom. The summed E-state index contributed by atoms with van der Waals surface area (Å²) in [4.78, 5) is 23.6. The normalized spacial score (nSPS) is 12.4. The van der Waals surface area contributed by atoms with Gasteiger partial charge in [-0.3, -0.25) is 9.59 Å². The number of benzene rings is 2. The van der Waals surface area contributed by atoms with Gasteiger partial charge in [0, 0.05) is 0 Å². The zero-order valence-corrected chi connectivity index (χ0v) is 15.6. The lowest BCUT2D eigenvalue weighted by Crippen LogP contribution is -2.07. The van der Waals surface area contributed by atoms with Gasteiger partial charge in [0.1, 0.15) is 12.4 Å². The van der Waals surface area contributed by atoms with Crippen molar-refractivity contribution in [3.63, 3.8) is 0 Å². The molecule has 0 aliphatic heterocycles. The van der Waals surface area contributed by atoms with Crippen molar-refractivity contribution in [2.24, 2.45) is 0 Å². The number of carbonyl (C=O) groups excluding carboxylic acids is 2. The molecular weight excluding hydrogens is 324 g/mol. The molecule has 0 heterocycles. The minimum absolute atomic E-state index is 0.189. The maximum Gasteiger partial charge on any atom is 0.163 e. The number of aryl methyl sites for hydroxylation is 1. The van der Waals surface area contributed by atoms with E-state index in [-0.39, 0.29) is 17.1 Å². The highest BCUT2D eigenvalue weighted by Gasteiger charge is 2.22. The average molecular weight is 348 g/mol. The van der Waals surface area contributed by atoms with Gasteiger partial charge in [0.25, 0.3) is 0 Å². The third-order valence-electron chi connectivity index (χ3n) is 4.85. The molecule has 2 aromatic rings. The summed E-state index contributed by atoms with van der Waals surface area (Å²) >= 11 is 0. The van der Waals surface area contributed by atoms with Crippen LogP contribution >= 0.6 is 0 Å². The SMILES string of the molecule is CC(=O)C(=Cc1cc(C)c(OCc2ccccc2)c2c1CCC2)C(C)=O. The number of fused-ring (bicyclic) bond motifs is 1. The van der Waals surface area contributed by atoms with Crippen LogP contribution in [0.3, 0.4) is 0 Å². The van der Waals surface area contributed by atoms with Crippen LogP contribution in [-0.4, -0.2) is 11.6 Å². The van der Waals surface area contributed by atoms with Crippen LogP contribution in [0.4, 0.5) is 0 Å². The maximum absolute atomic E-state index is 11.8. The Kier molecular flexibility index (Phi) is 5.36. The van der Waals surface area contributed by atoms with E-state index < -0.39 is 0 Å². The van der Waals surface area contributed by atoms with E-state index in [0.717, 1.165) is 41.7 Å². The summed E-state index contributed by atoms with van der Waals surface area (Å²) in [5.74, 6) is 0.573. The van der Waals surface area contributed by atoms with E-state index in [9.17, 15) is 9.59 Å². The lowest BCUT2D eigenvalue weighted by molar-refractivity contribution is -0.119. The van der Waals surface area contributed by atoms with Crippen molar-refractivity contribution < 1.29 is 14.3 Å². The third-order valence-corrected chi connectivity index (χ3v) is 4.85. The molecule has 3 nitrogen and oxygen atoms in total. The molecule has 2 aromatic carbocycles. The fourth-order valence-electron chi connectivity index (χ4n) is 3.60. The summed E-state index contributed by atoms with van der Waals surface area (Å²) in [5.41, 5.74) is 5.84. The van der Waals surface area contributed by atoms with Gasteiger partial charge in [-0.2, -0.15) is 0 Å². The van der Waals surface area contributed by atoms with Crippen molar-refractivity contribution in [3.05, 3.63) is 69.8 Å². The Bertz CT molecular complexity index is 860. The molecule has 0 aromatic heterocycles. The summed E-state index contributed by atoms with van der Waals surface area (Å²) in [6.45, 7) is 5.45. The van der Waals surface area contributed by atoms with E-state index in [4.69, 9.17) is 4.74 Å². The fraction of sp³-hybridized carbons (Fsp3) is 0.304. The Morgan fingerprint density at radius 3 is 2.35 bits per heavy atom. The second kappa shape index (κ2) is 7.69. The molecular formula is C23H24O3. The Labute approximate surface area is 154 Å². The van der Waals surface area contributed by atoms with E-state index in [1.165, 1.54) is 25.0 Å². The molecule has 0 saturated carbocycles. The van der Waals surface area contributed by atoms with Gasteiger partial charge in [0.05, 0.1) is 5.57 Å². The second-order valence-corrected chi connectivity index (χ2v) is 6.87. The van der Waals surface area contributed by atoms with Crippen LogP contribution in [0.25, 0.3) is 6.08 Å². The van der Waals surface area contributed by atoms with Crippen LogP contribution in [0.2, 0.25) is 0 Å². The van der Waals surface area contributed by atoms with Crippen molar-refractivity contribution >= 4 is 17.6 Å². The predicted octanol–water partition coefficient (Wildman–Crippen LogP) is 4.62. The summed E-state index contributed by atoms with van der Waals surface area (Å²) in [5, 5.41) is 0. The molecule has 134 valence electrons. The van der Waals surface area contributed by atoms with E-state index >= 15 is 0 Å². The molecule has 0 fully saturated rings. The fourth-order valence-corrected chi connectivity index (χ4v) is 3.60. The second-order valence-electron chi connectivity index (χ2n) is 6.87. The summed E-state index contributed by atoms with van der Waals surface area (Å²) in [6.07, 6.45) is 4.74. The van der Waals surface area contributed by atoms with E-state index in [0.29, 0.717) is 6.61 Å². The van der Waals surface area contributed by atoms with Crippen molar-refractivity contribution in [3.8, 4) is 5.75 Å². The monoisotopic (exact) mass is 348 g/mol. The molecule has 0 unspecified atom stereocenters. The summed E-state index contributed by atoms with van der Waals surface area (Å²) < 4.78 is 6.17. The van der Waals surface area contributed by atoms with Crippen LogP contribution in [0, 0.1) is 6.92 Å². The van der Waals surface area contributed by atoms with Crippen LogP contribution in [-0.2, 0) is 29.0 Å². The molecule has 0 saturated heterocycles. The van der Waals surface area contributed by atoms with Gasteiger partial charge in [-0.05, 0) is 80.0 Å².